The van der Waals surface area contributed by atoms with E-state index in [0.717, 1.165) is 5.82 Å². The van der Waals surface area contributed by atoms with Crippen LogP contribution in [0.5, 0.6) is 0 Å². The Hall–Kier alpha value is -2.03. The molecule has 0 amide bonds. The molecule has 0 unspecified atom stereocenters. The van der Waals surface area contributed by atoms with Gasteiger partial charge in [0.25, 0.3) is 0 Å². The van der Waals surface area contributed by atoms with E-state index < -0.39 is 0 Å². The Balaban J connectivity index is 2.39. The predicted octanol–water partition coefficient (Wildman–Crippen LogP) is 2.67. The maximum atomic E-state index is 4.17. The van der Waals surface area contributed by atoms with E-state index in [-0.39, 0.29) is 0 Å². The summed E-state index contributed by atoms with van der Waals surface area (Å²) in [4.78, 5) is 4.17. The highest BCUT2D eigenvalue weighted by Crippen LogP contribution is 2.23. The van der Waals surface area contributed by atoms with Crippen LogP contribution in [0.2, 0.25) is 0 Å². The smallest absolute Gasteiger partial charge is 0.137 e. The minimum absolute atomic E-state index is 1.10. The molecule has 2 aromatic heterocycles. The third kappa shape index (κ3) is 1.18. The van der Waals surface area contributed by atoms with Crippen molar-refractivity contribution in [2.75, 3.05) is 0 Å². The third-order valence-electron chi connectivity index (χ3n) is 2.92. The summed E-state index contributed by atoms with van der Waals surface area (Å²) < 4.78 is 4.25. The summed E-state index contributed by atoms with van der Waals surface area (Å²) in [5.41, 5.74) is 2.45. The van der Waals surface area contributed by atoms with E-state index in [1.807, 2.05) is 24.1 Å². The lowest BCUT2D eigenvalue weighted by atomic mass is 10.2. The van der Waals surface area contributed by atoms with Gasteiger partial charge < -0.3 is 4.57 Å². The van der Waals surface area contributed by atoms with Gasteiger partial charge in [-0.25, -0.2) is 4.98 Å². The average Bonchev–Trinajstić information content (AvgIpc) is 2.81. The molecule has 0 aliphatic rings. The molecule has 3 nitrogen and oxygen atoms in total. The van der Waals surface area contributed by atoms with Crippen LogP contribution in [-0.2, 0) is 7.05 Å². The number of para-hydroxylation sites is 1. The van der Waals surface area contributed by atoms with Gasteiger partial charge in [-0.3, -0.25) is 4.57 Å². The van der Waals surface area contributed by atoms with Crippen molar-refractivity contribution >= 4 is 10.9 Å². The van der Waals surface area contributed by atoms with Crippen LogP contribution in [0, 0.1) is 6.92 Å². The molecule has 0 radical (unpaired) electrons. The molecule has 0 spiro atoms. The van der Waals surface area contributed by atoms with Gasteiger partial charge in [0.1, 0.15) is 5.82 Å². The number of aryl methyl sites for hydroxylation is 2. The summed E-state index contributed by atoms with van der Waals surface area (Å²) in [5.74, 6) is 1.10. The Morgan fingerprint density at radius 3 is 2.75 bits per heavy atom. The van der Waals surface area contributed by atoms with Crippen LogP contribution < -0.4 is 0 Å². The molecular weight excluding hydrogens is 198 g/mol. The fraction of sp³-hybridized carbons (Fsp3) is 0.154. The van der Waals surface area contributed by atoms with Gasteiger partial charge in [0, 0.05) is 18.1 Å². The Morgan fingerprint density at radius 1 is 1.19 bits per heavy atom. The first-order valence-corrected chi connectivity index (χ1v) is 5.31. The molecule has 80 valence electrons. The normalized spacial score (nSPS) is 11.1. The van der Waals surface area contributed by atoms with Gasteiger partial charge in [0.2, 0.25) is 0 Å². The Kier molecular flexibility index (Phi) is 1.86. The number of benzene rings is 1. The van der Waals surface area contributed by atoms with Crippen LogP contribution in [0.4, 0.5) is 0 Å². The van der Waals surface area contributed by atoms with E-state index in [9.17, 15) is 0 Å². The first-order valence-electron chi connectivity index (χ1n) is 5.31. The maximum Gasteiger partial charge on any atom is 0.137 e. The SMILES string of the molecule is Cc1cc2ccccc2n1-c1cncn1C. The van der Waals surface area contributed by atoms with E-state index in [0.29, 0.717) is 0 Å². The molecular formula is C13H13N3. The van der Waals surface area contributed by atoms with Crippen molar-refractivity contribution in [1.29, 1.82) is 0 Å². The number of rotatable bonds is 1. The Morgan fingerprint density at radius 2 is 2.00 bits per heavy atom. The minimum Gasteiger partial charge on any atom is -0.320 e. The topological polar surface area (TPSA) is 22.8 Å². The first kappa shape index (κ1) is 9.21. The van der Waals surface area contributed by atoms with Crippen LogP contribution in [0.15, 0.2) is 42.9 Å². The minimum atomic E-state index is 1.10. The number of aromatic nitrogens is 3. The number of fused-ring (bicyclic) bond motifs is 1. The van der Waals surface area contributed by atoms with Crippen molar-refractivity contribution in [3.05, 3.63) is 48.5 Å². The molecule has 0 atom stereocenters. The summed E-state index contributed by atoms with van der Waals surface area (Å²) in [6, 6.07) is 10.6. The van der Waals surface area contributed by atoms with E-state index in [1.54, 1.807) is 0 Å². The number of hydrogen-bond acceptors (Lipinski definition) is 1. The lowest BCUT2D eigenvalue weighted by Gasteiger charge is -2.08. The number of imidazole rings is 1. The molecule has 1 aromatic carbocycles. The lowest BCUT2D eigenvalue weighted by Crippen LogP contribution is -2.01. The van der Waals surface area contributed by atoms with Gasteiger partial charge in [-0.1, -0.05) is 18.2 Å². The van der Waals surface area contributed by atoms with Crippen molar-refractivity contribution < 1.29 is 0 Å². The summed E-state index contributed by atoms with van der Waals surface area (Å²) in [5, 5.41) is 1.27. The zero-order chi connectivity index (χ0) is 11.1. The quantitative estimate of drug-likeness (QED) is 0.606. The van der Waals surface area contributed by atoms with Crippen molar-refractivity contribution in [2.24, 2.45) is 7.05 Å². The van der Waals surface area contributed by atoms with E-state index in [2.05, 4.69) is 46.8 Å². The second-order valence-electron chi connectivity index (χ2n) is 4.04. The van der Waals surface area contributed by atoms with Crippen molar-refractivity contribution in [1.82, 2.24) is 14.1 Å². The molecule has 0 N–H and O–H groups in total. The van der Waals surface area contributed by atoms with Crippen LogP contribution >= 0.6 is 0 Å². The second kappa shape index (κ2) is 3.23. The highest BCUT2D eigenvalue weighted by molar-refractivity contribution is 5.82. The van der Waals surface area contributed by atoms with E-state index >= 15 is 0 Å². The van der Waals surface area contributed by atoms with Crippen LogP contribution in [-0.4, -0.2) is 14.1 Å². The predicted molar refractivity (Wildman–Crippen MR) is 64.8 cm³/mol. The number of nitrogens with zero attached hydrogens (tertiary/aromatic N) is 3. The average molecular weight is 211 g/mol. The molecule has 3 rings (SSSR count). The maximum absolute atomic E-state index is 4.17. The molecule has 0 bridgehead atoms. The molecule has 0 fully saturated rings. The fourth-order valence-electron chi connectivity index (χ4n) is 2.16. The molecule has 16 heavy (non-hydrogen) atoms. The first-order chi connectivity index (χ1) is 7.77. The second-order valence-corrected chi connectivity index (χ2v) is 4.04. The lowest BCUT2D eigenvalue weighted by molar-refractivity contribution is 0.841. The molecule has 2 heterocycles. The molecule has 0 aliphatic heterocycles. The van der Waals surface area contributed by atoms with E-state index in [1.165, 1.54) is 16.6 Å². The van der Waals surface area contributed by atoms with E-state index in [4.69, 9.17) is 0 Å². The summed E-state index contributed by atoms with van der Waals surface area (Å²) in [7, 11) is 2.01. The van der Waals surface area contributed by atoms with Gasteiger partial charge in [-0.2, -0.15) is 0 Å². The third-order valence-corrected chi connectivity index (χ3v) is 2.92. The summed E-state index contributed by atoms with van der Waals surface area (Å²) in [6.07, 6.45) is 3.71. The zero-order valence-corrected chi connectivity index (χ0v) is 9.38. The summed E-state index contributed by atoms with van der Waals surface area (Å²) in [6.45, 7) is 2.12. The van der Waals surface area contributed by atoms with Gasteiger partial charge in [-0.15, -0.1) is 0 Å². The molecule has 3 aromatic rings. The van der Waals surface area contributed by atoms with Crippen LogP contribution in [0.1, 0.15) is 5.69 Å². The summed E-state index contributed by atoms with van der Waals surface area (Å²) >= 11 is 0. The Bertz CT molecular complexity index is 646. The van der Waals surface area contributed by atoms with Gasteiger partial charge in [0.05, 0.1) is 18.0 Å². The van der Waals surface area contributed by atoms with Crippen molar-refractivity contribution in [2.45, 2.75) is 6.92 Å². The van der Waals surface area contributed by atoms with Crippen molar-refractivity contribution in [3.63, 3.8) is 0 Å². The highest BCUT2D eigenvalue weighted by Gasteiger charge is 2.09. The standard InChI is InChI=1S/C13H13N3/c1-10-7-11-5-3-4-6-12(11)16(10)13-8-14-9-15(13)2/h3-9H,1-2H3. The van der Waals surface area contributed by atoms with Crippen LogP contribution in [0.3, 0.4) is 0 Å². The molecule has 0 aliphatic carbocycles. The van der Waals surface area contributed by atoms with Crippen LogP contribution in [0.25, 0.3) is 16.7 Å². The monoisotopic (exact) mass is 211 g/mol. The zero-order valence-electron chi connectivity index (χ0n) is 9.38. The van der Waals surface area contributed by atoms with Gasteiger partial charge in [0.15, 0.2) is 0 Å². The Labute approximate surface area is 94.0 Å². The van der Waals surface area contributed by atoms with Gasteiger partial charge in [-0.05, 0) is 19.1 Å². The van der Waals surface area contributed by atoms with Crippen molar-refractivity contribution in [3.8, 4) is 5.82 Å². The molecule has 0 saturated heterocycles. The largest absolute Gasteiger partial charge is 0.320 e. The number of hydrogen-bond donors (Lipinski definition) is 0. The molecule has 3 heteroatoms. The molecule has 0 saturated carbocycles. The fourth-order valence-corrected chi connectivity index (χ4v) is 2.16. The van der Waals surface area contributed by atoms with Gasteiger partial charge >= 0.3 is 0 Å². The highest BCUT2D eigenvalue weighted by atomic mass is 15.2.